The Morgan fingerprint density at radius 3 is 2.23 bits per heavy atom. The number of quaternary nitrogens is 1. The molecule has 5 heteroatoms. The van der Waals surface area contributed by atoms with E-state index in [-0.39, 0.29) is 0 Å². The Bertz CT molecular complexity index is 207. The summed E-state index contributed by atoms with van der Waals surface area (Å²) in [6.07, 6.45) is -0.408. The summed E-state index contributed by atoms with van der Waals surface area (Å²) in [5.41, 5.74) is 2.75. The average molecular weight is 189 g/mol. The summed E-state index contributed by atoms with van der Waals surface area (Å²) in [6.45, 7) is 5.11. The summed E-state index contributed by atoms with van der Waals surface area (Å²) in [5.74, 6) is -1.91. The van der Waals surface area contributed by atoms with E-state index in [4.69, 9.17) is 4.74 Å². The van der Waals surface area contributed by atoms with Crippen LogP contribution in [-0.2, 0) is 14.3 Å². The van der Waals surface area contributed by atoms with E-state index in [1.165, 1.54) is 0 Å². The van der Waals surface area contributed by atoms with Crippen molar-refractivity contribution < 1.29 is 25.2 Å². The van der Waals surface area contributed by atoms with Gasteiger partial charge in [0.2, 0.25) is 0 Å². The van der Waals surface area contributed by atoms with Gasteiger partial charge in [0, 0.05) is 5.97 Å². The Morgan fingerprint density at radius 2 is 1.92 bits per heavy atom. The van der Waals surface area contributed by atoms with Gasteiger partial charge >= 0.3 is 5.97 Å². The van der Waals surface area contributed by atoms with Crippen LogP contribution >= 0.6 is 0 Å². The molecule has 0 radical (unpaired) electrons. The fourth-order valence-corrected chi connectivity index (χ4v) is 0.670. The number of carbonyl (C=O) groups is 2. The van der Waals surface area contributed by atoms with Crippen LogP contribution in [0.3, 0.4) is 0 Å². The zero-order valence-corrected chi connectivity index (χ0v) is 8.12. The van der Waals surface area contributed by atoms with Crippen molar-refractivity contribution in [2.75, 3.05) is 0 Å². The summed E-state index contributed by atoms with van der Waals surface area (Å²) < 4.78 is 4.91. The van der Waals surface area contributed by atoms with Crippen LogP contribution in [0.5, 0.6) is 0 Å². The van der Waals surface area contributed by atoms with Crippen molar-refractivity contribution in [1.82, 2.24) is 0 Å². The summed E-state index contributed by atoms with van der Waals surface area (Å²) in [5, 5.41) is 10.1. The highest BCUT2D eigenvalue weighted by atomic mass is 16.6. The molecule has 0 aliphatic carbocycles. The molecule has 0 heterocycles. The molecule has 0 aliphatic rings. The second-order valence-corrected chi connectivity index (χ2v) is 3.81. The zero-order valence-electron chi connectivity index (χ0n) is 8.12. The first-order valence-corrected chi connectivity index (χ1v) is 3.98. The van der Waals surface area contributed by atoms with Crippen LogP contribution in [-0.4, -0.2) is 23.6 Å². The van der Waals surface area contributed by atoms with Gasteiger partial charge in [0.05, 0.1) is 6.42 Å². The standard InChI is InChI=1S/C8H15NO4/c1-8(2,3)13-7(12)5(9)4-6(10)11/h5H,4,9H2,1-3H3,(H,10,11)/t5-/m0/s1. The van der Waals surface area contributed by atoms with Gasteiger partial charge in [0.15, 0.2) is 6.04 Å². The van der Waals surface area contributed by atoms with Crippen LogP contribution in [0.15, 0.2) is 0 Å². The van der Waals surface area contributed by atoms with E-state index in [1.807, 2.05) is 0 Å². The molecule has 0 aliphatic heterocycles. The monoisotopic (exact) mass is 189 g/mol. The third-order valence-electron chi connectivity index (χ3n) is 1.15. The lowest BCUT2D eigenvalue weighted by molar-refractivity contribution is -0.414. The molecule has 0 amide bonds. The van der Waals surface area contributed by atoms with Crippen LogP contribution in [0.1, 0.15) is 27.2 Å². The van der Waals surface area contributed by atoms with Gasteiger partial charge in [-0.05, 0) is 20.8 Å². The minimum Gasteiger partial charge on any atom is -0.550 e. The van der Waals surface area contributed by atoms with E-state index >= 15 is 0 Å². The second kappa shape index (κ2) is 4.23. The molecule has 0 rings (SSSR count). The Balaban J connectivity index is 4.05. The van der Waals surface area contributed by atoms with Crippen LogP contribution in [0, 0.1) is 0 Å². The Kier molecular flexibility index (Phi) is 3.87. The van der Waals surface area contributed by atoms with Gasteiger partial charge in [-0.3, -0.25) is 0 Å². The maximum absolute atomic E-state index is 11.1. The first kappa shape index (κ1) is 11.9. The molecule has 13 heavy (non-hydrogen) atoms. The summed E-state index contributed by atoms with van der Waals surface area (Å²) >= 11 is 0. The lowest BCUT2D eigenvalue weighted by atomic mass is 10.1. The number of ether oxygens (including phenoxy) is 1. The van der Waals surface area contributed by atoms with Gasteiger partial charge in [-0.15, -0.1) is 0 Å². The third kappa shape index (κ3) is 6.10. The summed E-state index contributed by atoms with van der Waals surface area (Å²) in [6, 6.07) is -0.899. The highest BCUT2D eigenvalue weighted by Crippen LogP contribution is 2.07. The van der Waals surface area contributed by atoms with Crippen molar-refractivity contribution in [2.45, 2.75) is 38.8 Å². The van der Waals surface area contributed by atoms with Crippen LogP contribution in [0.2, 0.25) is 0 Å². The maximum Gasteiger partial charge on any atom is 0.365 e. The SMILES string of the molecule is CC(C)(C)OC(=O)[C@@H]([NH3+])CC(=O)[O-]. The van der Waals surface area contributed by atoms with E-state index in [1.54, 1.807) is 20.8 Å². The van der Waals surface area contributed by atoms with Gasteiger partial charge in [-0.25, -0.2) is 4.79 Å². The fraction of sp³-hybridized carbons (Fsp3) is 0.750. The van der Waals surface area contributed by atoms with Crippen molar-refractivity contribution >= 4 is 11.9 Å². The number of hydrogen-bond acceptors (Lipinski definition) is 4. The number of carbonyl (C=O) groups excluding carboxylic acids is 2. The van der Waals surface area contributed by atoms with Crippen molar-refractivity contribution in [2.24, 2.45) is 0 Å². The summed E-state index contributed by atoms with van der Waals surface area (Å²) in [4.78, 5) is 21.2. The van der Waals surface area contributed by atoms with E-state index in [9.17, 15) is 14.7 Å². The lowest BCUT2D eigenvalue weighted by Crippen LogP contribution is -2.67. The first-order chi connectivity index (χ1) is 5.72. The number of carboxylic acids is 1. The Labute approximate surface area is 76.9 Å². The van der Waals surface area contributed by atoms with E-state index in [0.29, 0.717) is 0 Å². The molecule has 0 fully saturated rings. The molecule has 0 unspecified atom stereocenters. The maximum atomic E-state index is 11.1. The minimum absolute atomic E-state index is 0.408. The lowest BCUT2D eigenvalue weighted by Gasteiger charge is -2.20. The number of rotatable bonds is 3. The molecule has 0 saturated carbocycles. The van der Waals surface area contributed by atoms with Gasteiger partial charge in [0.1, 0.15) is 5.60 Å². The Morgan fingerprint density at radius 1 is 1.46 bits per heavy atom. The van der Waals surface area contributed by atoms with E-state index in [0.717, 1.165) is 0 Å². The topological polar surface area (TPSA) is 94.1 Å². The average Bonchev–Trinajstić information content (AvgIpc) is 1.81. The molecule has 0 bridgehead atoms. The quantitative estimate of drug-likeness (QED) is 0.523. The number of esters is 1. The van der Waals surface area contributed by atoms with Crippen molar-refractivity contribution in [3.05, 3.63) is 0 Å². The molecule has 0 spiro atoms. The van der Waals surface area contributed by atoms with Crippen LogP contribution in [0.25, 0.3) is 0 Å². The molecular weight excluding hydrogens is 174 g/mol. The Hall–Kier alpha value is -1.10. The smallest absolute Gasteiger partial charge is 0.365 e. The normalized spacial score (nSPS) is 13.5. The molecular formula is C8H15NO4. The number of hydrogen-bond donors (Lipinski definition) is 1. The van der Waals surface area contributed by atoms with Crippen LogP contribution in [0.4, 0.5) is 0 Å². The molecule has 0 aromatic rings. The number of carboxylic acid groups (broad SMARTS) is 1. The fourth-order valence-electron chi connectivity index (χ4n) is 0.670. The zero-order chi connectivity index (χ0) is 10.6. The van der Waals surface area contributed by atoms with Gasteiger partial charge in [-0.2, -0.15) is 0 Å². The minimum atomic E-state index is -1.30. The third-order valence-corrected chi connectivity index (χ3v) is 1.15. The molecule has 3 N–H and O–H groups in total. The van der Waals surface area contributed by atoms with Gasteiger partial charge in [0.25, 0.3) is 0 Å². The molecule has 76 valence electrons. The molecule has 1 atom stereocenters. The van der Waals surface area contributed by atoms with Crippen LogP contribution < -0.4 is 10.8 Å². The predicted molar refractivity (Wildman–Crippen MR) is 42.1 cm³/mol. The predicted octanol–water partition coefficient (Wildman–Crippen LogP) is -1.92. The largest absolute Gasteiger partial charge is 0.550 e. The van der Waals surface area contributed by atoms with E-state index in [2.05, 4.69) is 5.73 Å². The highest BCUT2D eigenvalue weighted by molar-refractivity contribution is 5.79. The van der Waals surface area contributed by atoms with Gasteiger partial charge < -0.3 is 20.4 Å². The first-order valence-electron chi connectivity index (χ1n) is 3.98. The number of aliphatic carboxylic acids is 1. The van der Waals surface area contributed by atoms with Gasteiger partial charge in [-0.1, -0.05) is 0 Å². The van der Waals surface area contributed by atoms with Crippen molar-refractivity contribution in [3.8, 4) is 0 Å². The van der Waals surface area contributed by atoms with Crippen molar-refractivity contribution in [3.63, 3.8) is 0 Å². The highest BCUT2D eigenvalue weighted by Gasteiger charge is 2.24. The molecule has 0 aromatic carbocycles. The van der Waals surface area contributed by atoms with E-state index < -0.39 is 30.0 Å². The molecule has 0 saturated heterocycles. The van der Waals surface area contributed by atoms with Crippen molar-refractivity contribution in [1.29, 1.82) is 0 Å². The second-order valence-electron chi connectivity index (χ2n) is 3.81. The molecule has 0 aromatic heterocycles. The summed E-state index contributed by atoms with van der Waals surface area (Å²) in [7, 11) is 0. The molecule has 5 nitrogen and oxygen atoms in total.